The lowest BCUT2D eigenvalue weighted by atomic mass is 9.95. The number of carboxylic acid groups (broad SMARTS) is 1. The highest BCUT2D eigenvalue weighted by molar-refractivity contribution is 6.30. The first-order chi connectivity index (χ1) is 7.90. The molecule has 94 valence electrons. The number of hydrogen-bond donors (Lipinski definition) is 2. The van der Waals surface area contributed by atoms with Crippen LogP contribution in [0.25, 0.3) is 0 Å². The summed E-state index contributed by atoms with van der Waals surface area (Å²) in [6, 6.07) is 6.85. The van der Waals surface area contributed by atoms with Crippen LogP contribution in [0.3, 0.4) is 0 Å². The summed E-state index contributed by atoms with van der Waals surface area (Å²) < 4.78 is 5.10. The highest BCUT2D eigenvalue weighted by atomic mass is 35.5. The smallest absolute Gasteiger partial charge is 0.331 e. The third-order valence-electron chi connectivity index (χ3n) is 2.86. The van der Waals surface area contributed by atoms with Gasteiger partial charge in [0, 0.05) is 17.8 Å². The summed E-state index contributed by atoms with van der Waals surface area (Å²) in [7, 11) is 1.48. The van der Waals surface area contributed by atoms with Gasteiger partial charge in [-0.1, -0.05) is 11.6 Å². The first-order valence-corrected chi connectivity index (χ1v) is 5.58. The fourth-order valence-electron chi connectivity index (χ4n) is 1.40. The van der Waals surface area contributed by atoms with Crippen LogP contribution in [-0.2, 0) is 9.53 Å². The molecule has 0 saturated carbocycles. The van der Waals surface area contributed by atoms with Gasteiger partial charge in [0.25, 0.3) is 0 Å². The third kappa shape index (κ3) is 3.11. The van der Waals surface area contributed by atoms with E-state index in [1.165, 1.54) is 7.11 Å². The Labute approximate surface area is 106 Å². The molecule has 2 atom stereocenters. The minimum atomic E-state index is -1.19. The Balaban J connectivity index is 2.94. The van der Waals surface area contributed by atoms with Crippen molar-refractivity contribution in [3.8, 4) is 0 Å². The van der Waals surface area contributed by atoms with Gasteiger partial charge in [-0.3, -0.25) is 0 Å². The molecule has 0 amide bonds. The normalized spacial score (nSPS) is 16.0. The van der Waals surface area contributed by atoms with Gasteiger partial charge in [0.05, 0.1) is 6.10 Å². The summed E-state index contributed by atoms with van der Waals surface area (Å²) >= 11 is 5.77. The maximum absolute atomic E-state index is 11.3. The summed E-state index contributed by atoms with van der Waals surface area (Å²) in [5, 5.41) is 12.8. The molecular weight excluding hydrogens is 242 g/mol. The number of carbonyl (C=O) groups is 1. The number of ether oxygens (including phenoxy) is 1. The Morgan fingerprint density at radius 2 is 2.00 bits per heavy atom. The fraction of sp³-hybridized carbons (Fsp3) is 0.417. The maximum atomic E-state index is 11.3. The number of halogens is 1. The minimum absolute atomic E-state index is 0.476. The molecule has 0 radical (unpaired) electrons. The van der Waals surface area contributed by atoms with E-state index in [0.717, 1.165) is 0 Å². The largest absolute Gasteiger partial charge is 0.479 e. The average Bonchev–Trinajstić information content (AvgIpc) is 2.30. The van der Waals surface area contributed by atoms with Crippen molar-refractivity contribution in [2.45, 2.75) is 25.5 Å². The molecule has 0 heterocycles. The van der Waals surface area contributed by atoms with E-state index in [0.29, 0.717) is 10.7 Å². The van der Waals surface area contributed by atoms with Gasteiger partial charge < -0.3 is 15.2 Å². The van der Waals surface area contributed by atoms with Crippen LogP contribution in [0.1, 0.15) is 13.8 Å². The zero-order valence-electron chi connectivity index (χ0n) is 10.0. The second kappa shape index (κ2) is 5.38. The van der Waals surface area contributed by atoms with Crippen molar-refractivity contribution in [2.75, 3.05) is 12.4 Å². The van der Waals surface area contributed by atoms with E-state index in [4.69, 9.17) is 16.3 Å². The number of anilines is 1. The monoisotopic (exact) mass is 257 g/mol. The van der Waals surface area contributed by atoms with Gasteiger partial charge in [0.1, 0.15) is 0 Å². The minimum Gasteiger partial charge on any atom is -0.479 e. The number of carboxylic acids is 1. The lowest BCUT2D eigenvalue weighted by Crippen LogP contribution is -2.52. The molecule has 0 bridgehead atoms. The molecule has 0 spiro atoms. The van der Waals surface area contributed by atoms with Crippen molar-refractivity contribution >= 4 is 23.3 Å². The molecule has 2 unspecified atom stereocenters. The Hall–Kier alpha value is -1.26. The second-order valence-corrected chi connectivity index (χ2v) is 4.45. The molecule has 0 aliphatic carbocycles. The number of hydrogen-bond acceptors (Lipinski definition) is 3. The molecule has 17 heavy (non-hydrogen) atoms. The third-order valence-corrected chi connectivity index (χ3v) is 3.11. The summed E-state index contributed by atoms with van der Waals surface area (Å²) in [4.78, 5) is 11.3. The van der Waals surface area contributed by atoms with Gasteiger partial charge in [-0.25, -0.2) is 4.79 Å². The number of nitrogens with one attached hydrogen (secondary N) is 1. The highest BCUT2D eigenvalue weighted by Crippen LogP contribution is 2.22. The summed E-state index contributed by atoms with van der Waals surface area (Å²) in [5.74, 6) is -0.971. The van der Waals surface area contributed by atoms with E-state index in [1.807, 2.05) is 0 Å². The second-order valence-electron chi connectivity index (χ2n) is 4.02. The number of aliphatic carboxylic acids is 1. The molecule has 0 saturated heterocycles. The van der Waals surface area contributed by atoms with Crippen LogP contribution in [-0.4, -0.2) is 29.8 Å². The number of benzene rings is 1. The van der Waals surface area contributed by atoms with E-state index >= 15 is 0 Å². The van der Waals surface area contributed by atoms with E-state index in [1.54, 1.807) is 38.1 Å². The van der Waals surface area contributed by atoms with E-state index in [2.05, 4.69) is 5.32 Å². The van der Waals surface area contributed by atoms with E-state index < -0.39 is 17.6 Å². The molecule has 1 aromatic carbocycles. The van der Waals surface area contributed by atoms with Gasteiger partial charge in [-0.2, -0.15) is 0 Å². The van der Waals surface area contributed by atoms with Gasteiger partial charge in [0.15, 0.2) is 5.54 Å². The standard InChI is InChI=1S/C12H16ClNO3/c1-8(17-3)12(2,11(15)16)14-10-6-4-9(13)5-7-10/h4-8,14H,1-3H3,(H,15,16). The molecule has 0 aromatic heterocycles. The van der Waals surface area contributed by atoms with Gasteiger partial charge >= 0.3 is 5.97 Å². The van der Waals surface area contributed by atoms with Crippen LogP contribution in [0.2, 0.25) is 5.02 Å². The van der Waals surface area contributed by atoms with Crippen molar-refractivity contribution in [3.63, 3.8) is 0 Å². The van der Waals surface area contributed by atoms with Crippen LogP contribution < -0.4 is 5.32 Å². The van der Waals surface area contributed by atoms with E-state index in [-0.39, 0.29) is 0 Å². The Bertz CT molecular complexity index is 393. The fourth-order valence-corrected chi connectivity index (χ4v) is 1.52. The lowest BCUT2D eigenvalue weighted by molar-refractivity contribution is -0.146. The van der Waals surface area contributed by atoms with Gasteiger partial charge in [-0.15, -0.1) is 0 Å². The molecular formula is C12H16ClNO3. The van der Waals surface area contributed by atoms with Crippen molar-refractivity contribution in [2.24, 2.45) is 0 Å². The predicted octanol–water partition coefficient (Wildman–Crippen LogP) is 2.63. The molecule has 4 nitrogen and oxygen atoms in total. The van der Waals surface area contributed by atoms with E-state index in [9.17, 15) is 9.90 Å². The Morgan fingerprint density at radius 1 is 1.47 bits per heavy atom. The molecule has 2 N–H and O–H groups in total. The number of methoxy groups -OCH3 is 1. The predicted molar refractivity (Wildman–Crippen MR) is 67.6 cm³/mol. The first kappa shape index (κ1) is 13.8. The van der Waals surface area contributed by atoms with Crippen molar-refractivity contribution in [1.82, 2.24) is 0 Å². The topological polar surface area (TPSA) is 58.6 Å². The first-order valence-electron chi connectivity index (χ1n) is 5.20. The van der Waals surface area contributed by atoms with Crippen molar-refractivity contribution in [3.05, 3.63) is 29.3 Å². The van der Waals surface area contributed by atoms with Crippen LogP contribution in [0, 0.1) is 0 Å². The lowest BCUT2D eigenvalue weighted by Gasteiger charge is -2.32. The Morgan fingerprint density at radius 3 is 2.41 bits per heavy atom. The quantitative estimate of drug-likeness (QED) is 0.851. The van der Waals surface area contributed by atoms with Crippen LogP contribution in [0.5, 0.6) is 0 Å². The van der Waals surface area contributed by atoms with Crippen LogP contribution in [0.15, 0.2) is 24.3 Å². The maximum Gasteiger partial charge on any atom is 0.331 e. The molecule has 1 aromatic rings. The molecule has 5 heteroatoms. The van der Waals surface area contributed by atoms with Crippen LogP contribution >= 0.6 is 11.6 Å². The Kier molecular flexibility index (Phi) is 4.37. The highest BCUT2D eigenvalue weighted by Gasteiger charge is 2.39. The number of rotatable bonds is 5. The van der Waals surface area contributed by atoms with Crippen molar-refractivity contribution < 1.29 is 14.6 Å². The average molecular weight is 258 g/mol. The van der Waals surface area contributed by atoms with Gasteiger partial charge in [-0.05, 0) is 38.1 Å². The molecule has 0 aliphatic rings. The molecule has 0 aliphatic heterocycles. The zero-order valence-corrected chi connectivity index (χ0v) is 10.8. The summed E-state index contributed by atoms with van der Waals surface area (Å²) in [5.41, 5.74) is -0.508. The van der Waals surface area contributed by atoms with Gasteiger partial charge in [0.2, 0.25) is 0 Å². The SMILES string of the molecule is COC(C)C(C)(Nc1ccc(Cl)cc1)C(=O)O. The zero-order chi connectivity index (χ0) is 13.1. The summed E-state index contributed by atoms with van der Waals surface area (Å²) in [6.45, 7) is 3.29. The van der Waals surface area contributed by atoms with Crippen LogP contribution in [0.4, 0.5) is 5.69 Å². The van der Waals surface area contributed by atoms with Crippen molar-refractivity contribution in [1.29, 1.82) is 0 Å². The molecule has 1 rings (SSSR count). The molecule has 0 fully saturated rings. The summed E-state index contributed by atoms with van der Waals surface area (Å²) in [6.07, 6.45) is -0.476.